The molecule has 2 aromatic heterocycles. The van der Waals surface area contributed by atoms with Crippen molar-refractivity contribution in [3.8, 4) is 0 Å². The van der Waals surface area contributed by atoms with Crippen LogP contribution in [0.3, 0.4) is 0 Å². The number of carbonyl (C=O) groups is 1. The summed E-state index contributed by atoms with van der Waals surface area (Å²) in [4.78, 5) is 17.8. The van der Waals surface area contributed by atoms with Crippen LogP contribution in [-0.4, -0.2) is 51.7 Å². The minimum absolute atomic E-state index is 0.243. The molecule has 3 aromatic rings. The van der Waals surface area contributed by atoms with E-state index in [-0.39, 0.29) is 4.90 Å². The molecular weight excluding hydrogens is 477 g/mol. The van der Waals surface area contributed by atoms with Crippen LogP contribution in [0.5, 0.6) is 0 Å². The van der Waals surface area contributed by atoms with E-state index in [2.05, 4.69) is 25.7 Å². The summed E-state index contributed by atoms with van der Waals surface area (Å²) in [6, 6.07) is 8.35. The summed E-state index contributed by atoms with van der Waals surface area (Å²) in [5.41, 5.74) is 2.99. The number of anilines is 4. The Hall–Kier alpha value is -3.68. The number of nitrogens with one attached hydrogen (secondary N) is 2. The van der Waals surface area contributed by atoms with Crippen LogP contribution in [0.2, 0.25) is 0 Å². The summed E-state index contributed by atoms with van der Waals surface area (Å²) >= 11 is 0. The van der Waals surface area contributed by atoms with Gasteiger partial charge < -0.3 is 15.7 Å². The Balaban J connectivity index is 0.000000406. The molecule has 0 atom stereocenters. The first-order valence-electron chi connectivity index (χ1n) is 9.86. The van der Waals surface area contributed by atoms with E-state index in [0.717, 1.165) is 30.8 Å². The number of sulfone groups is 1. The number of nitrogens with zero attached hydrogens (tertiary/aromatic N) is 4. The zero-order valence-corrected chi connectivity index (χ0v) is 18.9. The molecule has 14 heteroatoms. The van der Waals surface area contributed by atoms with Crippen LogP contribution in [0.15, 0.2) is 41.4 Å². The Labute approximate surface area is 192 Å². The van der Waals surface area contributed by atoms with Gasteiger partial charge in [-0.3, -0.25) is 4.68 Å². The van der Waals surface area contributed by atoms with Gasteiger partial charge in [-0.2, -0.15) is 23.3 Å². The van der Waals surface area contributed by atoms with Crippen molar-refractivity contribution in [2.45, 2.75) is 30.3 Å². The fourth-order valence-corrected chi connectivity index (χ4v) is 3.89. The van der Waals surface area contributed by atoms with Gasteiger partial charge >= 0.3 is 12.1 Å². The molecule has 0 unspecified atom stereocenters. The fraction of sp³-hybridized carbons (Fsp3) is 0.300. The van der Waals surface area contributed by atoms with Crippen molar-refractivity contribution in [2.24, 2.45) is 7.05 Å². The summed E-state index contributed by atoms with van der Waals surface area (Å²) < 4.78 is 57.0. The number of benzene rings is 1. The van der Waals surface area contributed by atoms with E-state index in [1.807, 2.05) is 11.7 Å². The molecule has 0 aliphatic heterocycles. The SMILES string of the molecule is Cn1nc2c(c1Nc1ccnc(Nc3cccc(S(C)(=O)=O)c3)n1)CCC2.O=C(O)C(F)(F)F. The van der Waals surface area contributed by atoms with E-state index in [0.29, 0.717) is 17.5 Å². The molecule has 0 radical (unpaired) electrons. The number of aliphatic carboxylic acids is 1. The number of aromatic nitrogens is 4. The molecule has 34 heavy (non-hydrogen) atoms. The third-order valence-electron chi connectivity index (χ3n) is 4.73. The zero-order valence-electron chi connectivity index (χ0n) is 18.1. The highest BCUT2D eigenvalue weighted by atomic mass is 32.2. The molecule has 1 aromatic carbocycles. The van der Waals surface area contributed by atoms with Crippen LogP contribution in [0.1, 0.15) is 17.7 Å². The predicted molar refractivity (Wildman–Crippen MR) is 117 cm³/mol. The monoisotopic (exact) mass is 498 g/mol. The molecule has 182 valence electrons. The normalized spacial score (nSPS) is 13.0. The highest BCUT2D eigenvalue weighted by molar-refractivity contribution is 7.90. The third-order valence-corrected chi connectivity index (χ3v) is 5.84. The summed E-state index contributed by atoms with van der Waals surface area (Å²) in [5, 5.41) is 18.1. The molecule has 0 spiro atoms. The molecule has 1 aliphatic carbocycles. The minimum atomic E-state index is -5.08. The van der Waals surface area contributed by atoms with Gasteiger partial charge in [0.25, 0.3) is 0 Å². The van der Waals surface area contributed by atoms with Crippen molar-refractivity contribution in [1.82, 2.24) is 19.7 Å². The maximum atomic E-state index is 11.7. The van der Waals surface area contributed by atoms with Gasteiger partial charge in [-0.05, 0) is 43.5 Å². The number of fused-ring (bicyclic) bond motifs is 1. The molecule has 1 aliphatic rings. The van der Waals surface area contributed by atoms with Crippen LogP contribution in [-0.2, 0) is 34.5 Å². The number of hydrogen-bond acceptors (Lipinski definition) is 8. The van der Waals surface area contributed by atoms with Gasteiger partial charge in [-0.15, -0.1) is 0 Å². The van der Waals surface area contributed by atoms with E-state index in [1.165, 1.54) is 11.8 Å². The van der Waals surface area contributed by atoms with E-state index in [1.54, 1.807) is 36.5 Å². The molecule has 2 heterocycles. The van der Waals surface area contributed by atoms with Gasteiger partial charge in [-0.1, -0.05) is 6.07 Å². The molecule has 0 saturated heterocycles. The maximum Gasteiger partial charge on any atom is 0.490 e. The first-order chi connectivity index (χ1) is 15.8. The van der Waals surface area contributed by atoms with E-state index in [4.69, 9.17) is 9.90 Å². The minimum Gasteiger partial charge on any atom is -0.475 e. The molecule has 4 rings (SSSR count). The average Bonchev–Trinajstić information content (AvgIpc) is 3.30. The molecule has 10 nitrogen and oxygen atoms in total. The number of aryl methyl sites for hydroxylation is 2. The lowest BCUT2D eigenvalue weighted by Crippen LogP contribution is -2.21. The lowest BCUT2D eigenvalue weighted by atomic mass is 10.2. The quantitative estimate of drug-likeness (QED) is 0.484. The number of halogens is 3. The second-order valence-electron chi connectivity index (χ2n) is 7.37. The van der Waals surface area contributed by atoms with Gasteiger partial charge in [0, 0.05) is 30.8 Å². The molecule has 0 bridgehead atoms. The number of hydrogen-bond donors (Lipinski definition) is 3. The smallest absolute Gasteiger partial charge is 0.475 e. The second kappa shape index (κ2) is 9.67. The predicted octanol–water partition coefficient (Wildman–Crippen LogP) is 3.22. The number of carboxylic acid groups (broad SMARTS) is 1. The topological polar surface area (TPSA) is 139 Å². The van der Waals surface area contributed by atoms with E-state index < -0.39 is 22.0 Å². The Morgan fingerprint density at radius 2 is 1.88 bits per heavy atom. The summed E-state index contributed by atoms with van der Waals surface area (Å²) in [6.45, 7) is 0. The van der Waals surface area contributed by atoms with Gasteiger partial charge in [0.2, 0.25) is 5.95 Å². The van der Waals surface area contributed by atoms with E-state index >= 15 is 0 Å². The Kier molecular flexibility index (Phi) is 7.09. The fourth-order valence-electron chi connectivity index (χ4n) is 3.22. The lowest BCUT2D eigenvalue weighted by molar-refractivity contribution is -0.192. The molecule has 0 amide bonds. The first kappa shape index (κ1) is 25.0. The molecular formula is C20H21F3N6O4S. The summed E-state index contributed by atoms with van der Waals surface area (Å²) in [5.74, 6) is -0.785. The average molecular weight is 498 g/mol. The van der Waals surface area contributed by atoms with Crippen molar-refractivity contribution in [2.75, 3.05) is 16.9 Å². The van der Waals surface area contributed by atoms with Crippen LogP contribution in [0, 0.1) is 0 Å². The Bertz CT molecular complexity index is 1310. The highest BCUT2D eigenvalue weighted by Crippen LogP contribution is 2.30. The number of rotatable bonds is 5. The van der Waals surface area contributed by atoms with Crippen molar-refractivity contribution in [3.05, 3.63) is 47.8 Å². The van der Waals surface area contributed by atoms with Gasteiger partial charge in [0.15, 0.2) is 9.84 Å². The lowest BCUT2D eigenvalue weighted by Gasteiger charge is -2.10. The number of carboxylic acids is 1. The summed E-state index contributed by atoms with van der Waals surface area (Å²) in [7, 11) is -1.36. The van der Waals surface area contributed by atoms with Crippen molar-refractivity contribution < 1.29 is 31.5 Å². The first-order valence-corrected chi connectivity index (χ1v) is 11.8. The Morgan fingerprint density at radius 1 is 1.18 bits per heavy atom. The van der Waals surface area contributed by atoms with Gasteiger partial charge in [0.1, 0.15) is 11.6 Å². The molecule has 3 N–H and O–H groups in total. The maximum absolute atomic E-state index is 11.7. The van der Waals surface area contributed by atoms with Crippen LogP contribution < -0.4 is 10.6 Å². The van der Waals surface area contributed by atoms with Gasteiger partial charge in [0.05, 0.1) is 10.6 Å². The van der Waals surface area contributed by atoms with Crippen molar-refractivity contribution >= 4 is 39.1 Å². The standard InChI is InChI=1S/C18H20N6O2S.C2HF3O2/c1-24-17(14-7-4-8-15(14)23-24)21-16-9-10-19-18(22-16)20-12-5-3-6-13(11-12)27(2,25)26;3-2(4,5)1(6)7/h3,5-6,9-11H,4,7-8H2,1-2H3,(H2,19,20,21,22);(H,6,7). The van der Waals surface area contributed by atoms with Crippen LogP contribution >= 0.6 is 0 Å². The third kappa shape index (κ3) is 6.21. The second-order valence-corrected chi connectivity index (χ2v) is 9.39. The Morgan fingerprint density at radius 3 is 2.53 bits per heavy atom. The zero-order chi connectivity index (χ0) is 25.1. The van der Waals surface area contributed by atoms with Crippen LogP contribution in [0.25, 0.3) is 0 Å². The van der Waals surface area contributed by atoms with Crippen molar-refractivity contribution in [1.29, 1.82) is 0 Å². The number of alkyl halides is 3. The van der Waals surface area contributed by atoms with Gasteiger partial charge in [-0.25, -0.2) is 18.2 Å². The summed E-state index contributed by atoms with van der Waals surface area (Å²) in [6.07, 6.45) is 0.896. The largest absolute Gasteiger partial charge is 0.490 e. The van der Waals surface area contributed by atoms with Crippen LogP contribution in [0.4, 0.5) is 36.4 Å². The molecule has 0 fully saturated rings. The highest BCUT2D eigenvalue weighted by Gasteiger charge is 2.38. The van der Waals surface area contributed by atoms with E-state index in [9.17, 15) is 21.6 Å². The van der Waals surface area contributed by atoms with Crippen molar-refractivity contribution in [3.63, 3.8) is 0 Å². The molecule has 0 saturated carbocycles.